The molecule has 0 unspecified atom stereocenters. The van der Waals surface area contributed by atoms with Gasteiger partial charge >= 0.3 is 12.1 Å². The van der Waals surface area contributed by atoms with E-state index in [1.807, 2.05) is 0 Å². The minimum absolute atomic E-state index is 0. The predicted molar refractivity (Wildman–Crippen MR) is 51.1 cm³/mol. The SMILES string of the molecule is O=C(OC1=NCCO1)C(=O)C1C=CC=C1.[Ru]. The van der Waals surface area contributed by atoms with Crippen LogP contribution < -0.4 is 0 Å². The molecule has 0 bridgehead atoms. The number of hydrogen-bond acceptors (Lipinski definition) is 5. The number of rotatable bonds is 2. The molecular formula is C10H9NO4Ru. The van der Waals surface area contributed by atoms with Crippen molar-refractivity contribution in [2.24, 2.45) is 10.9 Å². The van der Waals surface area contributed by atoms with Crippen LogP contribution in [0, 0.1) is 5.92 Å². The Morgan fingerprint density at radius 2 is 2.06 bits per heavy atom. The summed E-state index contributed by atoms with van der Waals surface area (Å²) in [5.74, 6) is -2.06. The van der Waals surface area contributed by atoms with Crippen molar-refractivity contribution in [1.29, 1.82) is 0 Å². The summed E-state index contributed by atoms with van der Waals surface area (Å²) >= 11 is 0. The van der Waals surface area contributed by atoms with E-state index in [2.05, 4.69) is 9.73 Å². The van der Waals surface area contributed by atoms with Gasteiger partial charge < -0.3 is 9.47 Å². The molecular weight excluding hydrogens is 299 g/mol. The zero-order valence-corrected chi connectivity index (χ0v) is 9.97. The first-order chi connectivity index (χ1) is 7.27. The monoisotopic (exact) mass is 309 g/mol. The zero-order chi connectivity index (χ0) is 10.7. The smallest absolute Gasteiger partial charge is 0.391 e. The third kappa shape index (κ3) is 2.86. The Hall–Kier alpha value is -1.29. The number of carbonyl (C=O) groups is 2. The molecule has 0 N–H and O–H groups in total. The van der Waals surface area contributed by atoms with E-state index in [0.29, 0.717) is 13.2 Å². The maximum absolute atomic E-state index is 11.4. The second-order valence-electron chi connectivity index (χ2n) is 3.05. The summed E-state index contributed by atoms with van der Waals surface area (Å²) in [7, 11) is 0. The first-order valence-electron chi connectivity index (χ1n) is 4.55. The molecule has 0 spiro atoms. The van der Waals surface area contributed by atoms with Gasteiger partial charge in [0.25, 0.3) is 5.78 Å². The van der Waals surface area contributed by atoms with Crippen LogP contribution in [-0.4, -0.2) is 31.0 Å². The van der Waals surface area contributed by atoms with Gasteiger partial charge in [0, 0.05) is 19.5 Å². The average Bonchev–Trinajstić information content (AvgIpc) is 2.88. The average molecular weight is 308 g/mol. The molecule has 0 radical (unpaired) electrons. The molecule has 1 heterocycles. The van der Waals surface area contributed by atoms with Crippen LogP contribution in [0.2, 0.25) is 0 Å². The van der Waals surface area contributed by atoms with Gasteiger partial charge in [-0.25, -0.2) is 9.79 Å². The van der Waals surface area contributed by atoms with Gasteiger partial charge in [-0.3, -0.25) is 4.79 Å². The second-order valence-corrected chi connectivity index (χ2v) is 3.05. The molecule has 86 valence electrons. The van der Waals surface area contributed by atoms with Crippen molar-refractivity contribution >= 4 is 17.8 Å². The molecule has 0 fully saturated rings. The van der Waals surface area contributed by atoms with Gasteiger partial charge in [0.05, 0.1) is 12.5 Å². The van der Waals surface area contributed by atoms with Crippen molar-refractivity contribution in [1.82, 2.24) is 0 Å². The van der Waals surface area contributed by atoms with Crippen LogP contribution >= 0.6 is 0 Å². The molecule has 2 aliphatic rings. The summed E-state index contributed by atoms with van der Waals surface area (Å²) < 4.78 is 9.51. The van der Waals surface area contributed by atoms with E-state index in [1.165, 1.54) is 0 Å². The van der Waals surface area contributed by atoms with Gasteiger partial charge in [0.2, 0.25) is 0 Å². The predicted octanol–water partition coefficient (Wildman–Crippen LogP) is 0.225. The molecule has 0 atom stereocenters. The normalized spacial score (nSPS) is 17.6. The van der Waals surface area contributed by atoms with E-state index in [0.717, 1.165) is 0 Å². The van der Waals surface area contributed by atoms with Gasteiger partial charge in [-0.15, -0.1) is 0 Å². The third-order valence-corrected chi connectivity index (χ3v) is 1.99. The molecule has 5 nitrogen and oxygen atoms in total. The molecule has 0 aromatic carbocycles. The first-order valence-corrected chi connectivity index (χ1v) is 4.55. The van der Waals surface area contributed by atoms with Crippen molar-refractivity contribution in [3.05, 3.63) is 24.3 Å². The summed E-state index contributed by atoms with van der Waals surface area (Å²) in [5.41, 5.74) is 0. The topological polar surface area (TPSA) is 65.0 Å². The van der Waals surface area contributed by atoms with Gasteiger partial charge in [-0.1, -0.05) is 24.3 Å². The van der Waals surface area contributed by atoms with Crippen molar-refractivity contribution in [3.63, 3.8) is 0 Å². The molecule has 2 rings (SSSR count). The first kappa shape index (κ1) is 12.8. The van der Waals surface area contributed by atoms with Gasteiger partial charge in [0.1, 0.15) is 6.61 Å². The van der Waals surface area contributed by atoms with E-state index in [9.17, 15) is 9.59 Å². The fraction of sp³-hybridized carbons (Fsp3) is 0.300. The Morgan fingerprint density at radius 3 is 2.62 bits per heavy atom. The standard InChI is InChI=1S/C10H9NO4.Ru/c12-8(7-3-1-2-4-7)9(13)15-10-11-5-6-14-10;/h1-4,7H,5-6H2;. The number of allylic oxidation sites excluding steroid dienone is 4. The number of esters is 1. The second kappa shape index (κ2) is 5.70. The molecule has 0 aromatic heterocycles. The number of ketones is 1. The van der Waals surface area contributed by atoms with Gasteiger partial charge in [-0.2, -0.15) is 0 Å². The molecule has 1 aliphatic carbocycles. The van der Waals surface area contributed by atoms with E-state index in [4.69, 9.17) is 4.74 Å². The van der Waals surface area contributed by atoms with E-state index in [1.54, 1.807) is 24.3 Å². The molecule has 0 saturated carbocycles. The molecule has 0 amide bonds. The van der Waals surface area contributed by atoms with Crippen LogP contribution in [0.15, 0.2) is 29.3 Å². The van der Waals surface area contributed by atoms with Crippen LogP contribution in [0.4, 0.5) is 0 Å². The molecule has 0 saturated heterocycles. The van der Waals surface area contributed by atoms with Crippen molar-refractivity contribution in [2.45, 2.75) is 0 Å². The maximum atomic E-state index is 11.4. The van der Waals surface area contributed by atoms with Crippen molar-refractivity contribution in [3.8, 4) is 0 Å². The molecule has 16 heavy (non-hydrogen) atoms. The molecule has 6 heteroatoms. The van der Waals surface area contributed by atoms with E-state index >= 15 is 0 Å². The number of aliphatic imine (C=N–C) groups is 1. The minimum atomic E-state index is -0.933. The quantitative estimate of drug-likeness (QED) is 0.416. The molecule has 1 aliphatic heterocycles. The summed E-state index contributed by atoms with van der Waals surface area (Å²) in [5, 5.41) is 0. The van der Waals surface area contributed by atoms with E-state index in [-0.39, 0.29) is 25.6 Å². The summed E-state index contributed by atoms with van der Waals surface area (Å²) in [6, 6.07) is 0. The Labute approximate surface area is 105 Å². The number of carbonyl (C=O) groups excluding carboxylic acids is 2. The summed E-state index contributed by atoms with van der Waals surface area (Å²) in [6.45, 7) is 0.847. The summed E-state index contributed by atoms with van der Waals surface area (Å²) in [6.07, 6.45) is 6.56. The van der Waals surface area contributed by atoms with Crippen LogP contribution in [0.5, 0.6) is 0 Å². The number of hydrogen-bond donors (Lipinski definition) is 0. The van der Waals surface area contributed by atoms with Crippen molar-refractivity contribution < 1.29 is 38.5 Å². The third-order valence-electron chi connectivity index (χ3n) is 1.99. The van der Waals surface area contributed by atoms with Gasteiger partial charge in [-0.05, 0) is 0 Å². The Balaban J connectivity index is 0.00000128. The largest absolute Gasteiger partial charge is 0.448 e. The van der Waals surface area contributed by atoms with Crippen LogP contribution in [0.25, 0.3) is 0 Å². The Morgan fingerprint density at radius 1 is 1.38 bits per heavy atom. The molecule has 0 aromatic rings. The van der Waals surface area contributed by atoms with Crippen LogP contribution in [0.1, 0.15) is 0 Å². The zero-order valence-electron chi connectivity index (χ0n) is 8.23. The fourth-order valence-corrected chi connectivity index (χ4v) is 1.25. The van der Waals surface area contributed by atoms with Crippen molar-refractivity contribution in [2.75, 3.05) is 13.2 Å². The number of Topliss-reactive ketones (excluding diaryl/α,β-unsaturated/α-hetero) is 1. The minimum Gasteiger partial charge on any atom is -0.448 e. The Kier molecular flexibility index (Phi) is 4.56. The number of ether oxygens (including phenoxy) is 2. The maximum Gasteiger partial charge on any atom is 0.391 e. The van der Waals surface area contributed by atoms with E-state index < -0.39 is 17.7 Å². The van der Waals surface area contributed by atoms with Gasteiger partial charge in [0.15, 0.2) is 0 Å². The number of nitrogens with zero attached hydrogens (tertiary/aromatic N) is 1. The summed E-state index contributed by atoms with van der Waals surface area (Å²) in [4.78, 5) is 26.5. The fourth-order valence-electron chi connectivity index (χ4n) is 1.25. The van der Waals surface area contributed by atoms with Crippen LogP contribution in [0.3, 0.4) is 0 Å². The van der Waals surface area contributed by atoms with Crippen LogP contribution in [-0.2, 0) is 38.5 Å². The Bertz CT molecular complexity index is 374.